The molecule has 0 spiro atoms. The Kier molecular flexibility index (Phi) is 1.66. The lowest BCUT2D eigenvalue weighted by molar-refractivity contribution is 0.549. The van der Waals surface area contributed by atoms with Crippen LogP contribution < -0.4 is 0 Å². The highest BCUT2D eigenvalue weighted by atomic mass is 31.0. The van der Waals surface area contributed by atoms with Gasteiger partial charge >= 0.3 is 0 Å². The zero-order valence-electron chi connectivity index (χ0n) is 4.72. The molecule has 0 aromatic carbocycles. The van der Waals surface area contributed by atoms with Crippen LogP contribution in [0.2, 0.25) is 0 Å². The van der Waals surface area contributed by atoms with E-state index in [2.05, 4.69) is 21.0 Å². The van der Waals surface area contributed by atoms with Crippen LogP contribution >= 0.6 is 9.39 Å². The van der Waals surface area contributed by atoms with Crippen LogP contribution in [0.15, 0.2) is 0 Å². The third kappa shape index (κ3) is 1.40. The molecule has 1 nitrogen and oxygen atoms in total. The highest BCUT2D eigenvalue weighted by Crippen LogP contribution is 2.17. The molecule has 2 heteroatoms. The number of rotatable bonds is 0. The van der Waals surface area contributed by atoms with E-state index in [0.29, 0.717) is 0 Å². The van der Waals surface area contributed by atoms with Crippen LogP contribution in [0.4, 0.5) is 0 Å². The Labute approximate surface area is 47.3 Å². The molecule has 0 amide bonds. The van der Waals surface area contributed by atoms with Gasteiger partial charge in [0.1, 0.15) is 0 Å². The summed E-state index contributed by atoms with van der Waals surface area (Å²) >= 11 is 0. The lowest BCUT2D eigenvalue weighted by Gasteiger charge is -2.03. The van der Waals surface area contributed by atoms with Gasteiger partial charge in [0.2, 0.25) is 0 Å². The summed E-state index contributed by atoms with van der Waals surface area (Å²) in [4.78, 5) is 0. The Morgan fingerprint density at radius 2 is 2.43 bits per heavy atom. The minimum absolute atomic E-state index is 0.928. The van der Waals surface area contributed by atoms with Gasteiger partial charge in [0, 0.05) is 13.1 Å². The predicted octanol–water partition coefficient (Wildman–Crippen LogP) is 1.12. The molecule has 2 atom stereocenters. The summed E-state index contributed by atoms with van der Waals surface area (Å²) in [6.07, 6.45) is 1.38. The van der Waals surface area contributed by atoms with E-state index in [4.69, 9.17) is 0 Å². The largest absolute Gasteiger partial charge is 0.287 e. The van der Waals surface area contributed by atoms with Crippen molar-refractivity contribution in [2.45, 2.75) is 13.3 Å². The van der Waals surface area contributed by atoms with Crippen LogP contribution in [0.5, 0.6) is 0 Å². The molecule has 1 aliphatic rings. The molecule has 1 fully saturated rings. The molecule has 7 heavy (non-hydrogen) atoms. The first-order chi connectivity index (χ1) is 3.29. The zero-order chi connectivity index (χ0) is 5.28. The van der Waals surface area contributed by atoms with Crippen molar-refractivity contribution in [1.82, 2.24) is 4.67 Å². The van der Waals surface area contributed by atoms with Gasteiger partial charge in [-0.05, 0) is 12.3 Å². The van der Waals surface area contributed by atoms with Gasteiger partial charge in [-0.15, -0.1) is 0 Å². The summed E-state index contributed by atoms with van der Waals surface area (Å²) in [6.45, 7) is 4.83. The second kappa shape index (κ2) is 2.11. The molecule has 42 valence electrons. The first-order valence-corrected chi connectivity index (χ1v) is 3.30. The Bertz CT molecular complexity index is 57.1. The van der Waals surface area contributed by atoms with Crippen molar-refractivity contribution in [1.29, 1.82) is 0 Å². The Morgan fingerprint density at radius 1 is 1.71 bits per heavy atom. The van der Waals surface area contributed by atoms with Gasteiger partial charge in [-0.1, -0.05) is 16.3 Å². The molecule has 1 unspecified atom stereocenters. The van der Waals surface area contributed by atoms with Crippen LogP contribution in [-0.4, -0.2) is 17.8 Å². The van der Waals surface area contributed by atoms with E-state index in [-0.39, 0.29) is 0 Å². The third-order valence-electron chi connectivity index (χ3n) is 1.46. The molecular weight excluding hydrogens is 105 g/mol. The van der Waals surface area contributed by atoms with Crippen LogP contribution in [0.25, 0.3) is 0 Å². The molecule has 1 saturated heterocycles. The quantitative estimate of drug-likeness (QED) is 0.430. The Hall–Kier alpha value is 0.390. The summed E-state index contributed by atoms with van der Waals surface area (Å²) in [5.41, 5.74) is 0. The van der Waals surface area contributed by atoms with Crippen molar-refractivity contribution < 1.29 is 0 Å². The summed E-state index contributed by atoms with van der Waals surface area (Å²) in [5.74, 6) is 0.928. The SMILES string of the molecule is C[C@H]1CCN(P)C1. The molecule has 0 N–H and O–H groups in total. The fourth-order valence-corrected chi connectivity index (χ4v) is 1.48. The fraction of sp³-hybridized carbons (Fsp3) is 1.00. The van der Waals surface area contributed by atoms with Crippen molar-refractivity contribution in [3.05, 3.63) is 0 Å². The van der Waals surface area contributed by atoms with Gasteiger partial charge in [0.15, 0.2) is 0 Å². The molecule has 0 bridgehead atoms. The predicted molar refractivity (Wildman–Crippen MR) is 35.1 cm³/mol. The maximum absolute atomic E-state index is 2.73. The van der Waals surface area contributed by atoms with E-state index in [1.165, 1.54) is 19.5 Å². The van der Waals surface area contributed by atoms with E-state index in [1.54, 1.807) is 0 Å². The van der Waals surface area contributed by atoms with Gasteiger partial charge in [0.05, 0.1) is 0 Å². The molecule has 0 aromatic heterocycles. The van der Waals surface area contributed by atoms with Crippen molar-refractivity contribution in [2.75, 3.05) is 13.1 Å². The molecule has 1 aliphatic heterocycles. The smallest absolute Gasteiger partial charge is 0.00424 e. The average Bonchev–Trinajstić information content (AvgIpc) is 1.87. The van der Waals surface area contributed by atoms with Crippen molar-refractivity contribution >= 4 is 9.39 Å². The Morgan fingerprint density at radius 3 is 2.57 bits per heavy atom. The molecule has 1 rings (SSSR count). The first kappa shape index (κ1) is 5.53. The normalized spacial score (nSPS) is 34.3. The van der Waals surface area contributed by atoms with Gasteiger partial charge in [-0.3, -0.25) is 4.67 Å². The number of nitrogens with zero attached hydrogens (tertiary/aromatic N) is 1. The molecule has 1 heterocycles. The lowest BCUT2D eigenvalue weighted by Crippen LogP contribution is -2.04. The second-order valence-corrected chi connectivity index (χ2v) is 3.12. The van der Waals surface area contributed by atoms with Crippen LogP contribution in [0.1, 0.15) is 13.3 Å². The Balaban J connectivity index is 2.26. The van der Waals surface area contributed by atoms with Crippen LogP contribution in [0.3, 0.4) is 0 Å². The fourth-order valence-electron chi connectivity index (χ4n) is 0.969. The molecular formula is C5H12NP. The van der Waals surface area contributed by atoms with Gasteiger partial charge in [-0.25, -0.2) is 0 Å². The summed E-state index contributed by atoms with van der Waals surface area (Å²) in [6, 6.07) is 0. The maximum atomic E-state index is 2.73. The molecule has 0 aliphatic carbocycles. The van der Waals surface area contributed by atoms with E-state index in [0.717, 1.165) is 5.92 Å². The minimum Gasteiger partial charge on any atom is -0.287 e. The average molecular weight is 117 g/mol. The monoisotopic (exact) mass is 117 g/mol. The molecule has 0 radical (unpaired) electrons. The standard InChI is InChI=1S/C5H12NP/c1-5-2-3-6(7)4-5/h5H,2-4,7H2,1H3/t5-/m0/s1. The minimum atomic E-state index is 0.928. The van der Waals surface area contributed by atoms with Crippen molar-refractivity contribution in [3.8, 4) is 0 Å². The highest BCUT2D eigenvalue weighted by molar-refractivity contribution is 7.13. The first-order valence-electron chi connectivity index (χ1n) is 2.78. The summed E-state index contributed by atoms with van der Waals surface area (Å²) in [7, 11) is 2.73. The molecule has 0 saturated carbocycles. The summed E-state index contributed by atoms with van der Waals surface area (Å²) in [5, 5.41) is 0. The van der Waals surface area contributed by atoms with E-state index in [1.807, 2.05) is 0 Å². The van der Waals surface area contributed by atoms with E-state index < -0.39 is 0 Å². The third-order valence-corrected chi connectivity index (χ3v) is 1.92. The summed E-state index contributed by atoms with van der Waals surface area (Å²) < 4.78 is 2.30. The second-order valence-electron chi connectivity index (χ2n) is 2.39. The van der Waals surface area contributed by atoms with Gasteiger partial charge in [-0.2, -0.15) is 0 Å². The van der Waals surface area contributed by atoms with E-state index in [9.17, 15) is 0 Å². The van der Waals surface area contributed by atoms with Gasteiger partial charge in [0.25, 0.3) is 0 Å². The van der Waals surface area contributed by atoms with Crippen molar-refractivity contribution in [2.24, 2.45) is 5.92 Å². The van der Waals surface area contributed by atoms with E-state index >= 15 is 0 Å². The lowest BCUT2D eigenvalue weighted by atomic mass is 10.2. The maximum Gasteiger partial charge on any atom is 0.00424 e. The van der Waals surface area contributed by atoms with Crippen molar-refractivity contribution in [3.63, 3.8) is 0 Å². The van der Waals surface area contributed by atoms with Gasteiger partial charge < -0.3 is 0 Å². The number of hydrogen-bond donors (Lipinski definition) is 0. The van der Waals surface area contributed by atoms with Crippen LogP contribution in [0, 0.1) is 5.92 Å². The zero-order valence-corrected chi connectivity index (χ0v) is 5.88. The molecule has 0 aromatic rings. The number of hydrogen-bond acceptors (Lipinski definition) is 1. The highest BCUT2D eigenvalue weighted by Gasteiger charge is 2.13. The topological polar surface area (TPSA) is 3.24 Å². The van der Waals surface area contributed by atoms with Crippen LogP contribution in [-0.2, 0) is 0 Å².